The van der Waals surface area contributed by atoms with Gasteiger partial charge < -0.3 is 4.42 Å². The number of ketones is 1. The van der Waals surface area contributed by atoms with Gasteiger partial charge in [-0.3, -0.25) is 9.48 Å². The highest BCUT2D eigenvalue weighted by molar-refractivity contribution is 6.32. The molecule has 0 saturated heterocycles. The Labute approximate surface area is 97.8 Å². The first-order chi connectivity index (χ1) is 7.59. The predicted octanol–water partition coefficient (Wildman–Crippen LogP) is 2.40. The molecule has 0 fully saturated rings. The number of hydrogen-bond acceptors (Lipinski definition) is 3. The summed E-state index contributed by atoms with van der Waals surface area (Å²) in [5.41, 5.74) is 2.01. The van der Waals surface area contributed by atoms with Crippen LogP contribution in [0.1, 0.15) is 21.7 Å². The number of rotatable bonds is 3. The van der Waals surface area contributed by atoms with Crippen molar-refractivity contribution >= 4 is 17.4 Å². The highest BCUT2D eigenvalue weighted by Gasteiger charge is 2.16. The van der Waals surface area contributed by atoms with E-state index in [9.17, 15) is 4.79 Å². The second-order valence-corrected chi connectivity index (χ2v) is 3.96. The summed E-state index contributed by atoms with van der Waals surface area (Å²) in [6.07, 6.45) is 3.14. The molecule has 0 bridgehead atoms. The summed E-state index contributed by atoms with van der Waals surface area (Å²) >= 11 is 6.06. The summed E-state index contributed by atoms with van der Waals surface area (Å²) in [6, 6.07) is 1.64. The van der Waals surface area contributed by atoms with E-state index in [0.29, 0.717) is 10.6 Å². The third kappa shape index (κ3) is 1.88. The van der Waals surface area contributed by atoms with Crippen molar-refractivity contribution in [1.82, 2.24) is 9.78 Å². The number of aryl methyl sites for hydroxylation is 2. The highest BCUT2D eigenvalue weighted by atomic mass is 35.5. The van der Waals surface area contributed by atoms with Crippen molar-refractivity contribution in [3.05, 3.63) is 40.6 Å². The molecule has 0 aromatic carbocycles. The van der Waals surface area contributed by atoms with E-state index >= 15 is 0 Å². The van der Waals surface area contributed by atoms with Gasteiger partial charge in [-0.2, -0.15) is 5.10 Å². The minimum atomic E-state index is -0.0290. The van der Waals surface area contributed by atoms with Crippen LogP contribution in [0.25, 0.3) is 0 Å². The maximum Gasteiger partial charge on any atom is 0.172 e. The monoisotopic (exact) mass is 238 g/mol. The van der Waals surface area contributed by atoms with Crippen LogP contribution in [0.15, 0.2) is 23.0 Å². The molecule has 0 N–H and O–H groups in total. The molecular weight excluding hydrogens is 228 g/mol. The predicted molar refractivity (Wildman–Crippen MR) is 59.7 cm³/mol. The molecule has 84 valence electrons. The van der Waals surface area contributed by atoms with Crippen LogP contribution in [-0.4, -0.2) is 15.6 Å². The summed E-state index contributed by atoms with van der Waals surface area (Å²) in [7, 11) is 1.77. The van der Waals surface area contributed by atoms with Crippen molar-refractivity contribution in [2.75, 3.05) is 0 Å². The van der Waals surface area contributed by atoms with Gasteiger partial charge in [-0.1, -0.05) is 11.6 Å². The lowest BCUT2D eigenvalue weighted by molar-refractivity contribution is 0.0990. The van der Waals surface area contributed by atoms with E-state index in [1.165, 1.54) is 12.5 Å². The van der Waals surface area contributed by atoms with Crippen molar-refractivity contribution in [1.29, 1.82) is 0 Å². The smallest absolute Gasteiger partial charge is 0.172 e. The van der Waals surface area contributed by atoms with Gasteiger partial charge in [0.15, 0.2) is 5.78 Å². The lowest BCUT2D eigenvalue weighted by Crippen LogP contribution is -2.07. The zero-order valence-corrected chi connectivity index (χ0v) is 9.78. The van der Waals surface area contributed by atoms with Gasteiger partial charge in [0.25, 0.3) is 0 Å². The molecule has 0 amide bonds. The van der Waals surface area contributed by atoms with Gasteiger partial charge in [0, 0.05) is 7.05 Å². The van der Waals surface area contributed by atoms with Gasteiger partial charge in [-0.05, 0) is 13.0 Å². The van der Waals surface area contributed by atoms with Crippen molar-refractivity contribution in [2.24, 2.45) is 7.05 Å². The lowest BCUT2D eigenvalue weighted by atomic mass is 10.1. The Morgan fingerprint density at radius 3 is 2.88 bits per heavy atom. The summed E-state index contributed by atoms with van der Waals surface area (Å²) in [6.45, 7) is 1.81. The molecule has 2 aromatic rings. The number of furan rings is 1. The largest absolute Gasteiger partial charge is 0.472 e. The second-order valence-electron chi connectivity index (χ2n) is 3.58. The molecule has 0 aliphatic carbocycles. The van der Waals surface area contributed by atoms with E-state index in [-0.39, 0.29) is 12.2 Å². The molecule has 0 radical (unpaired) electrons. The number of halogens is 1. The van der Waals surface area contributed by atoms with Crippen molar-refractivity contribution in [3.8, 4) is 0 Å². The summed E-state index contributed by atoms with van der Waals surface area (Å²) in [5.74, 6) is -0.0290. The number of carbonyl (C=O) groups is 1. The van der Waals surface area contributed by atoms with E-state index in [4.69, 9.17) is 16.0 Å². The Balaban J connectivity index is 2.25. The molecule has 0 unspecified atom stereocenters. The van der Waals surface area contributed by atoms with Gasteiger partial charge in [-0.25, -0.2) is 0 Å². The average molecular weight is 239 g/mol. The van der Waals surface area contributed by atoms with E-state index in [1.807, 2.05) is 6.92 Å². The number of aromatic nitrogens is 2. The maximum atomic E-state index is 11.8. The van der Waals surface area contributed by atoms with Crippen molar-refractivity contribution < 1.29 is 9.21 Å². The Bertz CT molecular complexity index is 514. The Hall–Kier alpha value is -1.55. The first-order valence-electron chi connectivity index (χ1n) is 4.83. The highest BCUT2D eigenvalue weighted by Crippen LogP contribution is 2.21. The number of Topliss-reactive ketones (excluding diaryl/α,β-unsaturated/α-hetero) is 1. The van der Waals surface area contributed by atoms with E-state index in [0.717, 1.165) is 11.4 Å². The van der Waals surface area contributed by atoms with Crippen LogP contribution in [0.2, 0.25) is 5.02 Å². The normalized spacial score (nSPS) is 10.7. The molecule has 0 aliphatic heterocycles. The minimum Gasteiger partial charge on any atom is -0.472 e. The molecule has 16 heavy (non-hydrogen) atoms. The molecule has 2 aromatic heterocycles. The Morgan fingerprint density at radius 1 is 1.62 bits per heavy atom. The fourth-order valence-electron chi connectivity index (χ4n) is 1.55. The topological polar surface area (TPSA) is 48.0 Å². The Kier molecular flexibility index (Phi) is 2.83. The third-order valence-electron chi connectivity index (χ3n) is 2.43. The van der Waals surface area contributed by atoms with Gasteiger partial charge in [0.2, 0.25) is 0 Å². The molecule has 0 saturated carbocycles. The quantitative estimate of drug-likeness (QED) is 0.772. The molecule has 0 aliphatic rings. The van der Waals surface area contributed by atoms with Crippen LogP contribution in [0.4, 0.5) is 0 Å². The van der Waals surface area contributed by atoms with Gasteiger partial charge in [0.1, 0.15) is 6.26 Å². The lowest BCUT2D eigenvalue weighted by Gasteiger charge is -2.00. The first kappa shape index (κ1) is 11.0. The SMILES string of the molecule is Cc1nn(C)c(CC(=O)c2ccoc2)c1Cl. The van der Waals surface area contributed by atoms with Gasteiger partial charge in [-0.15, -0.1) is 0 Å². The van der Waals surface area contributed by atoms with Crippen LogP contribution in [0.5, 0.6) is 0 Å². The fraction of sp³-hybridized carbons (Fsp3) is 0.273. The third-order valence-corrected chi connectivity index (χ3v) is 2.92. The molecule has 2 rings (SSSR count). The standard InChI is InChI=1S/C11H11ClN2O2/c1-7-11(12)9(14(2)13-7)5-10(15)8-3-4-16-6-8/h3-4,6H,5H2,1-2H3. The second kappa shape index (κ2) is 4.14. The van der Waals surface area contributed by atoms with E-state index in [2.05, 4.69) is 5.10 Å². The summed E-state index contributed by atoms with van der Waals surface area (Å²) in [5, 5.41) is 4.71. The number of carbonyl (C=O) groups excluding carboxylic acids is 1. The minimum absolute atomic E-state index is 0.0290. The number of hydrogen-bond donors (Lipinski definition) is 0. The van der Waals surface area contributed by atoms with Crippen LogP contribution >= 0.6 is 11.6 Å². The molecule has 2 heterocycles. The molecular formula is C11H11ClN2O2. The van der Waals surface area contributed by atoms with Crippen molar-refractivity contribution in [3.63, 3.8) is 0 Å². The van der Waals surface area contributed by atoms with Gasteiger partial charge >= 0.3 is 0 Å². The molecule has 0 atom stereocenters. The van der Waals surface area contributed by atoms with Gasteiger partial charge in [0.05, 0.1) is 34.7 Å². The van der Waals surface area contributed by atoms with Crippen LogP contribution < -0.4 is 0 Å². The van der Waals surface area contributed by atoms with Crippen LogP contribution in [0.3, 0.4) is 0 Å². The molecule has 4 nitrogen and oxygen atoms in total. The molecule has 0 spiro atoms. The van der Waals surface area contributed by atoms with Crippen LogP contribution in [-0.2, 0) is 13.5 Å². The van der Waals surface area contributed by atoms with Crippen molar-refractivity contribution in [2.45, 2.75) is 13.3 Å². The number of nitrogens with zero attached hydrogens (tertiary/aromatic N) is 2. The summed E-state index contributed by atoms with van der Waals surface area (Å²) < 4.78 is 6.50. The van der Waals surface area contributed by atoms with Crippen LogP contribution in [0, 0.1) is 6.92 Å². The summed E-state index contributed by atoms with van der Waals surface area (Å²) in [4.78, 5) is 11.8. The average Bonchev–Trinajstić information content (AvgIpc) is 2.83. The van der Waals surface area contributed by atoms with E-state index < -0.39 is 0 Å². The first-order valence-corrected chi connectivity index (χ1v) is 5.20. The zero-order chi connectivity index (χ0) is 11.7. The molecule has 5 heteroatoms. The Morgan fingerprint density at radius 2 is 2.38 bits per heavy atom. The fourth-order valence-corrected chi connectivity index (χ4v) is 1.78. The zero-order valence-electron chi connectivity index (χ0n) is 9.03. The van der Waals surface area contributed by atoms with E-state index in [1.54, 1.807) is 17.8 Å². The maximum absolute atomic E-state index is 11.8.